The molecule has 150 heavy (non-hydrogen) atoms. The minimum atomic E-state index is -7.37. The number of halogens is 6. The molecule has 2 saturated heterocycles. The van der Waals surface area contributed by atoms with Crippen LogP contribution in [0.4, 0.5) is 26.3 Å². The molecule has 5 fully saturated rings. The maximum atomic E-state index is 13.7. The number of esters is 4. The van der Waals surface area contributed by atoms with E-state index in [1.54, 1.807) is 45.0 Å². The highest BCUT2D eigenvalue weighted by Gasteiger charge is 2.81. The molecule has 1 aromatic heterocycles. The van der Waals surface area contributed by atoms with E-state index < -0.39 is 76.8 Å². The Bertz CT molecular complexity index is 6620. The third-order valence-electron chi connectivity index (χ3n) is 29.2. The third-order valence-corrected chi connectivity index (χ3v) is 35.9. The van der Waals surface area contributed by atoms with Crippen molar-refractivity contribution in [1.29, 1.82) is 5.26 Å². The Labute approximate surface area is 884 Å². The minimum Gasteiger partial charge on any atom is -0.743 e. The van der Waals surface area contributed by atoms with E-state index in [2.05, 4.69) is 253 Å². The van der Waals surface area contributed by atoms with Gasteiger partial charge >= 0.3 is 50.4 Å². The average molecular weight is 2140 g/mol. The quantitative estimate of drug-likeness (QED) is 0.00907. The highest BCUT2D eigenvalue weighted by Crippen LogP contribution is 2.63. The first kappa shape index (κ1) is 120. The predicted molar refractivity (Wildman–Crippen MR) is 577 cm³/mol. The lowest BCUT2D eigenvalue weighted by molar-refractivity contribution is -0.247. The molecule has 30 heteroatoms. The number of alkyl halides is 6. The summed E-state index contributed by atoms with van der Waals surface area (Å²) in [4.78, 5) is 65.0. The average Bonchev–Trinajstić information content (AvgIpc) is 1.52. The van der Waals surface area contributed by atoms with Crippen molar-refractivity contribution in [2.45, 2.75) is 286 Å². The van der Waals surface area contributed by atoms with E-state index in [9.17, 15) is 82.1 Å². The number of Topliss-reactive ketones (excluding diaryl/α,β-unsaturated/α-hetero) is 1. The van der Waals surface area contributed by atoms with Gasteiger partial charge in [0.1, 0.15) is 46.6 Å². The highest BCUT2D eigenvalue weighted by molar-refractivity contribution is 7.97. The molecule has 804 valence electrons. The van der Waals surface area contributed by atoms with Crippen LogP contribution < -0.4 is 8.92 Å². The molecule has 3 heterocycles. The second-order valence-electron chi connectivity index (χ2n) is 40.4. The maximum absolute atomic E-state index is 13.7. The van der Waals surface area contributed by atoms with Crippen LogP contribution in [0.15, 0.2) is 288 Å². The minimum absolute atomic E-state index is 0.0146. The molecular formula is C120H140F6NO19S4+. The molecule has 3 N–H and O–H groups in total. The zero-order chi connectivity index (χ0) is 110. The molecule has 20 nitrogen and oxygen atoms in total. The molecule has 9 atom stereocenters. The van der Waals surface area contributed by atoms with Crippen LogP contribution in [-0.4, -0.2) is 120 Å². The molecule has 0 radical (unpaired) electrons. The lowest BCUT2D eigenvalue weighted by Gasteiger charge is -2.32. The second kappa shape index (κ2) is 52.3. The van der Waals surface area contributed by atoms with Gasteiger partial charge in [-0.1, -0.05) is 235 Å². The van der Waals surface area contributed by atoms with Gasteiger partial charge in [0.15, 0.2) is 50.6 Å². The highest BCUT2D eigenvalue weighted by atomic mass is 32.2. The number of cyclic esters (lactones) is 1. The monoisotopic (exact) mass is 2140 g/mol. The molecule has 2 aliphatic heterocycles. The van der Waals surface area contributed by atoms with Gasteiger partial charge in [0.2, 0.25) is 0 Å². The Kier molecular flexibility index (Phi) is 41.7. The van der Waals surface area contributed by atoms with E-state index in [1.807, 2.05) is 71.9 Å². The van der Waals surface area contributed by atoms with Gasteiger partial charge in [0, 0.05) is 57.9 Å². The van der Waals surface area contributed by atoms with Gasteiger partial charge in [-0.15, -0.1) is 0 Å². The third kappa shape index (κ3) is 29.0. The Morgan fingerprint density at radius 1 is 0.547 bits per heavy atom. The van der Waals surface area contributed by atoms with Gasteiger partial charge in [0.25, 0.3) is 0 Å². The predicted octanol–water partition coefficient (Wildman–Crippen LogP) is 28.7. The number of rotatable bonds is 31. The fraction of sp³-hybridized carbons (Fsp3) is 0.417. The number of phenolic OH excluding ortho intramolecular Hbond substituents is 2. The Morgan fingerprint density at radius 2 is 0.993 bits per heavy atom. The largest absolute Gasteiger partial charge is 0.743 e. The summed E-state index contributed by atoms with van der Waals surface area (Å²) < 4.78 is 168. The van der Waals surface area contributed by atoms with Crippen LogP contribution in [0, 0.1) is 44.8 Å². The van der Waals surface area contributed by atoms with E-state index in [0.717, 1.165) is 81.1 Å². The number of phenols is 2. The molecule has 3 aliphatic carbocycles. The van der Waals surface area contributed by atoms with E-state index in [-0.39, 0.29) is 92.6 Å². The summed E-state index contributed by atoms with van der Waals surface area (Å²) in [6, 6.07) is 91.3. The number of thiophene rings is 1. The maximum Gasteiger partial charge on any atom is 0.450 e. The van der Waals surface area contributed by atoms with Crippen molar-refractivity contribution in [3.63, 3.8) is 0 Å². The molecule has 12 aromatic rings. The van der Waals surface area contributed by atoms with Gasteiger partial charge in [0.05, 0.1) is 34.4 Å². The molecule has 3 saturated carbocycles. The fourth-order valence-corrected chi connectivity index (χ4v) is 23.4. The van der Waals surface area contributed by atoms with Gasteiger partial charge in [-0.25, -0.2) is 13.2 Å². The summed E-state index contributed by atoms with van der Waals surface area (Å²) in [7, 11) is -14.3. The van der Waals surface area contributed by atoms with Gasteiger partial charge in [-0.05, 0) is 295 Å². The number of hydrogen-bond acceptors (Lipinski definition) is 20. The number of aliphatic hydroxyl groups excluding tert-OH is 1. The summed E-state index contributed by atoms with van der Waals surface area (Å²) in [5.41, 5.74) is 2.77. The number of ketones is 1. The molecule has 0 amide bonds. The summed E-state index contributed by atoms with van der Waals surface area (Å²) >= 11 is 0. The van der Waals surface area contributed by atoms with Crippen molar-refractivity contribution in [2.24, 2.45) is 33.5 Å². The molecule has 11 aromatic carbocycles. The van der Waals surface area contributed by atoms with Crippen LogP contribution in [-0.2, 0) is 86.9 Å². The first-order chi connectivity index (χ1) is 70.9. The Balaban J connectivity index is 0.000000178. The lowest BCUT2D eigenvalue weighted by atomic mass is 9.74. The standard InChI is InChI=1S/C20H17OS.C18H15S.C16H18F6O7S2.C15H19NO4.C14H18O3.C14H16O.C13H24O2.C10H14O/c21-14-13-15-9-11-16(12-10-15)22-19-7-3-1-5-17(19)18-6-2-4-8-20(18)22;1-4-10-16(11-5-1)19(17-12-6-2-7-13-17)18-14-8-3-9-15-18;1-4-13(2,3)12(23)9-10-5-7-11(8-6-10)29-31(27,28)16(21,22)14(17,18)15(19,20)30(24,25)26;1-4-14(2,3)12(17)19-10-8-5-9-11(10)20-13(18)15(9,6-8)7-16;1-3-10(2)11-4-6-12(7-5-11)17-13-8-9-16-14(13)15;1-3-10(2)11-4-5-13-9-14(15)7-6-12(13)8-11;1-5-12(3,4)11(14)15-13(6-2)9-7-8-10-13;1-3-8(2)9-4-6-10(11)7-5-9/h1-12,21H,13-14H2;1-15H;5-8H,4,9H2,1-3H3,(H,24,25,26);8-11H,4-6H2,1-3H3;4-7,10,13H,3,8-9H2,1-2H3;4-10,15H,3H2,1-2H3;5-10H2,1-4H3;4-8,11H,3H2,1-2H3/q2*+1;;;;;;/p-1. The van der Waals surface area contributed by atoms with Crippen LogP contribution in [0.5, 0.6) is 23.0 Å². The van der Waals surface area contributed by atoms with Crippen molar-refractivity contribution < 1.29 is 115 Å². The first-order valence-electron chi connectivity index (χ1n) is 51.1. The molecule has 0 spiro atoms. The summed E-state index contributed by atoms with van der Waals surface area (Å²) in [5, 5.41) is 28.0. The van der Waals surface area contributed by atoms with E-state index >= 15 is 0 Å². The molecule has 2 bridgehead atoms. The van der Waals surface area contributed by atoms with E-state index in [4.69, 9.17) is 33.9 Å². The van der Waals surface area contributed by atoms with Crippen LogP contribution in [0.25, 0.3) is 35.8 Å². The van der Waals surface area contributed by atoms with Crippen LogP contribution >= 0.6 is 10.5 Å². The normalized spacial score (nSPS) is 18.1. The number of carbonyl (C=O) groups excluding carboxylic acids is 5. The van der Waals surface area contributed by atoms with Crippen molar-refractivity contribution >= 4 is 102 Å². The van der Waals surface area contributed by atoms with Gasteiger partial charge in [-0.3, -0.25) is 19.2 Å². The Hall–Kier alpha value is -12.1. The van der Waals surface area contributed by atoms with E-state index in [0.29, 0.717) is 73.7 Å². The number of aromatic hydroxyl groups is 2. The van der Waals surface area contributed by atoms with Gasteiger partial charge in [-0.2, -0.15) is 40.0 Å². The lowest BCUT2D eigenvalue weighted by Crippen LogP contribution is -2.61. The van der Waals surface area contributed by atoms with Crippen LogP contribution in [0.1, 0.15) is 246 Å². The topological polar surface area (TPSA) is 317 Å². The number of benzene rings is 11. The van der Waals surface area contributed by atoms with Crippen molar-refractivity contribution in [1.82, 2.24) is 0 Å². The SMILES string of the molecule is CCC(C)(C)C(=O)Cc1ccc(OS(=O)(=O)C(F)(F)C(F)(F)C(F)(F)S(=O)(=O)[O-])cc1.CCC(C)(C)C(=O)OC1C2CC3C1OC(=O)C3(C#N)C2.CCC(C)c1ccc(O)cc1.CCC(C)c1ccc(OC2CCOC2=O)cc1.CCC(C)c1ccc2cc(O)ccc2c1.CCC1(OC(=O)C(C)(C)CC)CCCC1.OCCc1ccc(-[s+]2c3ccccc3c3ccccc32)cc1.c1ccc([S+](c2ccccc2)c2ccccc2)cc1. The fourth-order valence-electron chi connectivity index (χ4n) is 17.5. The zero-order valence-electron chi connectivity index (χ0n) is 88.0. The summed E-state index contributed by atoms with van der Waals surface area (Å²) in [6.45, 7) is 32.7. The van der Waals surface area contributed by atoms with Crippen molar-refractivity contribution in [3.8, 4) is 34.0 Å². The number of fused-ring (bicyclic) bond motifs is 5. The molecular weight excluding hydrogens is 2000 g/mol. The number of hydrogen-bond donors (Lipinski definition) is 3. The number of aliphatic hydroxyl groups is 1. The number of nitriles is 1. The van der Waals surface area contributed by atoms with E-state index in [1.165, 1.54) is 80.2 Å². The summed E-state index contributed by atoms with van der Waals surface area (Å²) in [6.07, 6.45) is 12.1. The van der Waals surface area contributed by atoms with Crippen LogP contribution in [0.2, 0.25) is 0 Å². The van der Waals surface area contributed by atoms with Crippen LogP contribution in [0.3, 0.4) is 0 Å². The first-order valence-corrected chi connectivity index (χ1v) is 56.4. The number of ether oxygens (including phenoxy) is 5. The van der Waals surface area contributed by atoms with Crippen molar-refractivity contribution in [3.05, 3.63) is 301 Å². The molecule has 5 aliphatic rings. The van der Waals surface area contributed by atoms with Gasteiger partial charge < -0.3 is 47.7 Å². The smallest absolute Gasteiger partial charge is 0.450 e. The second-order valence-corrected chi connectivity index (χ2v) is 47.4. The molecule has 17 rings (SSSR count). The number of nitrogens with zero attached hydrogens (tertiary/aromatic N) is 1. The molecule has 9 unspecified atom stereocenters. The van der Waals surface area contributed by atoms with Crippen molar-refractivity contribution in [2.75, 3.05) is 13.2 Å². The zero-order valence-corrected chi connectivity index (χ0v) is 91.3. The summed E-state index contributed by atoms with van der Waals surface area (Å²) in [5.74, 6) is -6.20. The Morgan fingerprint density at radius 3 is 1.46 bits per heavy atom. The number of carbonyl (C=O) groups is 5.